The van der Waals surface area contributed by atoms with Gasteiger partial charge >= 0.3 is 0 Å². The number of aliphatic hydroxyl groups excluding tert-OH is 2. The molecule has 0 radical (unpaired) electrons. The molecule has 0 aromatic rings. The van der Waals surface area contributed by atoms with E-state index >= 15 is 0 Å². The molecule has 5 heteroatoms. The van der Waals surface area contributed by atoms with Crippen LogP contribution in [0.2, 0.25) is 0 Å². The first-order valence-electron chi connectivity index (χ1n) is 3.34. The molecule has 66 valence electrons. The van der Waals surface area contributed by atoms with E-state index in [-0.39, 0.29) is 25.6 Å². The summed E-state index contributed by atoms with van der Waals surface area (Å²) in [5, 5.41) is 17.3. The summed E-state index contributed by atoms with van der Waals surface area (Å²) in [4.78, 5) is 12.1. The molecule has 0 spiro atoms. The molecule has 0 rings (SSSR count). The lowest BCUT2D eigenvalue weighted by Gasteiger charge is -2.18. The Labute approximate surface area is 65.4 Å². The fourth-order valence-corrected chi connectivity index (χ4v) is 0.632. The Morgan fingerprint density at radius 3 is 2.64 bits per heavy atom. The maximum Gasteiger partial charge on any atom is 0.236 e. The number of rotatable bonds is 4. The SMILES string of the molecule is CN(CC(O)CO)C(=O)CN. The van der Waals surface area contributed by atoms with Crippen molar-refractivity contribution in [3.05, 3.63) is 0 Å². The number of aliphatic hydroxyl groups is 2. The second kappa shape index (κ2) is 5.06. The van der Waals surface area contributed by atoms with Gasteiger partial charge < -0.3 is 20.8 Å². The van der Waals surface area contributed by atoms with Crippen molar-refractivity contribution in [2.75, 3.05) is 26.7 Å². The molecule has 0 aromatic heterocycles. The molecular weight excluding hydrogens is 148 g/mol. The van der Waals surface area contributed by atoms with Crippen LogP contribution in [0.3, 0.4) is 0 Å². The van der Waals surface area contributed by atoms with Gasteiger partial charge in [-0.1, -0.05) is 0 Å². The van der Waals surface area contributed by atoms with Crippen LogP contribution >= 0.6 is 0 Å². The van der Waals surface area contributed by atoms with Gasteiger partial charge in [-0.05, 0) is 0 Å². The highest BCUT2D eigenvalue weighted by molar-refractivity contribution is 5.77. The molecule has 0 bridgehead atoms. The molecule has 0 fully saturated rings. The predicted octanol–water partition coefficient (Wildman–Crippen LogP) is -2.24. The van der Waals surface area contributed by atoms with Crippen molar-refractivity contribution < 1.29 is 15.0 Å². The topological polar surface area (TPSA) is 86.8 Å². The third-order valence-corrected chi connectivity index (χ3v) is 1.30. The minimum atomic E-state index is -0.879. The van der Waals surface area contributed by atoms with Crippen LogP contribution in [0, 0.1) is 0 Å². The second-order valence-electron chi connectivity index (χ2n) is 2.31. The second-order valence-corrected chi connectivity index (χ2v) is 2.31. The number of nitrogens with two attached hydrogens (primary N) is 1. The molecule has 1 atom stereocenters. The average molecular weight is 162 g/mol. The Hall–Kier alpha value is -0.650. The van der Waals surface area contributed by atoms with E-state index in [2.05, 4.69) is 0 Å². The number of nitrogens with zero attached hydrogens (tertiary/aromatic N) is 1. The highest BCUT2D eigenvalue weighted by atomic mass is 16.3. The van der Waals surface area contributed by atoms with Crippen molar-refractivity contribution in [3.8, 4) is 0 Å². The first-order valence-corrected chi connectivity index (χ1v) is 3.34. The number of amides is 1. The van der Waals surface area contributed by atoms with E-state index in [1.54, 1.807) is 0 Å². The Morgan fingerprint density at radius 1 is 1.73 bits per heavy atom. The van der Waals surface area contributed by atoms with Crippen molar-refractivity contribution in [1.82, 2.24) is 4.90 Å². The van der Waals surface area contributed by atoms with Crippen molar-refractivity contribution in [3.63, 3.8) is 0 Å². The van der Waals surface area contributed by atoms with E-state index < -0.39 is 6.10 Å². The number of carbonyl (C=O) groups is 1. The van der Waals surface area contributed by atoms with Gasteiger partial charge in [0, 0.05) is 13.6 Å². The molecule has 0 saturated carbocycles. The van der Waals surface area contributed by atoms with Crippen LogP contribution in [0.1, 0.15) is 0 Å². The van der Waals surface area contributed by atoms with Gasteiger partial charge in [-0.25, -0.2) is 0 Å². The normalized spacial score (nSPS) is 12.7. The number of likely N-dealkylation sites (N-methyl/N-ethyl adjacent to an activating group) is 1. The Balaban J connectivity index is 3.67. The van der Waals surface area contributed by atoms with Crippen LogP contribution in [-0.4, -0.2) is 53.9 Å². The van der Waals surface area contributed by atoms with Crippen LogP contribution in [0.4, 0.5) is 0 Å². The maximum absolute atomic E-state index is 10.8. The third-order valence-electron chi connectivity index (χ3n) is 1.30. The standard InChI is InChI=1S/C6H14N2O3/c1-8(6(11)2-7)3-5(10)4-9/h5,9-10H,2-4,7H2,1H3. The lowest BCUT2D eigenvalue weighted by molar-refractivity contribution is -0.129. The van der Waals surface area contributed by atoms with Crippen molar-refractivity contribution >= 4 is 5.91 Å². The highest BCUT2D eigenvalue weighted by Crippen LogP contribution is 1.87. The zero-order valence-electron chi connectivity index (χ0n) is 6.53. The van der Waals surface area contributed by atoms with Gasteiger partial charge in [-0.3, -0.25) is 4.79 Å². The van der Waals surface area contributed by atoms with Gasteiger partial charge in [0.1, 0.15) is 0 Å². The van der Waals surface area contributed by atoms with E-state index in [4.69, 9.17) is 15.9 Å². The fourth-order valence-electron chi connectivity index (χ4n) is 0.632. The minimum Gasteiger partial charge on any atom is -0.394 e. The molecule has 0 saturated heterocycles. The lowest BCUT2D eigenvalue weighted by atomic mass is 10.3. The van der Waals surface area contributed by atoms with Crippen molar-refractivity contribution in [2.45, 2.75) is 6.10 Å². The quantitative estimate of drug-likeness (QED) is 0.436. The third kappa shape index (κ3) is 3.92. The molecule has 0 aliphatic heterocycles. The van der Waals surface area contributed by atoms with E-state index in [0.29, 0.717) is 0 Å². The smallest absolute Gasteiger partial charge is 0.236 e. The zero-order chi connectivity index (χ0) is 8.85. The van der Waals surface area contributed by atoms with Gasteiger partial charge in [-0.15, -0.1) is 0 Å². The molecule has 1 amide bonds. The summed E-state index contributed by atoms with van der Waals surface area (Å²) >= 11 is 0. The number of hydrogen-bond donors (Lipinski definition) is 3. The fraction of sp³-hybridized carbons (Fsp3) is 0.833. The largest absolute Gasteiger partial charge is 0.394 e. The highest BCUT2D eigenvalue weighted by Gasteiger charge is 2.10. The van der Waals surface area contributed by atoms with Crippen LogP contribution in [0.25, 0.3) is 0 Å². The summed E-state index contributed by atoms with van der Waals surface area (Å²) in [6.07, 6.45) is -0.879. The minimum absolute atomic E-state index is 0.0748. The van der Waals surface area contributed by atoms with E-state index in [9.17, 15) is 4.79 Å². The Morgan fingerprint density at radius 2 is 2.27 bits per heavy atom. The maximum atomic E-state index is 10.8. The van der Waals surface area contributed by atoms with Crippen molar-refractivity contribution in [1.29, 1.82) is 0 Å². The van der Waals surface area contributed by atoms with Crippen molar-refractivity contribution in [2.24, 2.45) is 5.73 Å². The van der Waals surface area contributed by atoms with Crippen LogP contribution < -0.4 is 5.73 Å². The molecule has 11 heavy (non-hydrogen) atoms. The van der Waals surface area contributed by atoms with E-state index in [0.717, 1.165) is 0 Å². The summed E-state index contributed by atoms with van der Waals surface area (Å²) < 4.78 is 0. The van der Waals surface area contributed by atoms with Gasteiger partial charge in [0.25, 0.3) is 0 Å². The first-order chi connectivity index (χ1) is 5.11. The molecule has 0 heterocycles. The predicted molar refractivity (Wildman–Crippen MR) is 39.8 cm³/mol. The Kier molecular flexibility index (Phi) is 4.76. The summed E-state index contributed by atoms with van der Waals surface area (Å²) in [5.74, 6) is -0.252. The summed E-state index contributed by atoms with van der Waals surface area (Å²) in [6, 6.07) is 0. The monoisotopic (exact) mass is 162 g/mol. The van der Waals surface area contributed by atoms with Gasteiger partial charge in [-0.2, -0.15) is 0 Å². The summed E-state index contributed by atoms with van der Waals surface area (Å²) in [7, 11) is 1.52. The Bertz CT molecular complexity index is 129. The number of carbonyl (C=O) groups excluding carboxylic acids is 1. The van der Waals surface area contributed by atoms with E-state index in [1.807, 2.05) is 0 Å². The molecule has 4 N–H and O–H groups in total. The van der Waals surface area contributed by atoms with Crippen LogP contribution in [-0.2, 0) is 4.79 Å². The molecular formula is C6H14N2O3. The summed E-state index contributed by atoms with van der Waals surface area (Å²) in [5.41, 5.74) is 5.05. The lowest BCUT2D eigenvalue weighted by Crippen LogP contribution is -2.39. The van der Waals surface area contributed by atoms with Gasteiger partial charge in [0.05, 0.1) is 19.3 Å². The molecule has 0 aliphatic rings. The zero-order valence-corrected chi connectivity index (χ0v) is 6.53. The molecule has 0 aromatic carbocycles. The first kappa shape index (κ1) is 10.3. The van der Waals surface area contributed by atoms with E-state index in [1.165, 1.54) is 11.9 Å². The van der Waals surface area contributed by atoms with Gasteiger partial charge in [0.15, 0.2) is 0 Å². The summed E-state index contributed by atoms with van der Waals surface area (Å²) in [6.45, 7) is -0.302. The molecule has 0 aliphatic carbocycles. The van der Waals surface area contributed by atoms with Crippen LogP contribution in [0.5, 0.6) is 0 Å². The van der Waals surface area contributed by atoms with Crippen LogP contribution in [0.15, 0.2) is 0 Å². The molecule has 5 nitrogen and oxygen atoms in total. The molecule has 1 unspecified atom stereocenters. The number of hydrogen-bond acceptors (Lipinski definition) is 4. The van der Waals surface area contributed by atoms with Gasteiger partial charge in [0.2, 0.25) is 5.91 Å². The average Bonchev–Trinajstić information content (AvgIpc) is 2.02.